The quantitative estimate of drug-likeness (QED) is 0.220. The largest absolute Gasteiger partial charge is 0.455 e. The average Bonchev–Trinajstić information content (AvgIpc) is 3.92. The lowest BCUT2D eigenvalue weighted by Gasteiger charge is -2.23. The molecular weight excluding hydrogens is 519 g/mol. The van der Waals surface area contributed by atoms with E-state index in [0.717, 1.165) is 36.2 Å². The van der Waals surface area contributed by atoms with Crippen LogP contribution in [0.1, 0.15) is 53.3 Å². The van der Waals surface area contributed by atoms with Gasteiger partial charge >= 0.3 is 0 Å². The Hall–Kier alpha value is -4.64. The minimum Gasteiger partial charge on any atom is -0.455 e. The zero-order chi connectivity index (χ0) is 28.7. The lowest BCUT2D eigenvalue weighted by atomic mass is 9.95. The molecule has 1 heterocycles. The third-order valence-electron chi connectivity index (χ3n) is 8.10. The van der Waals surface area contributed by atoms with E-state index in [2.05, 4.69) is 22.0 Å². The van der Waals surface area contributed by atoms with Gasteiger partial charge in [0.2, 0.25) is 0 Å². The predicted molar refractivity (Wildman–Crippen MR) is 156 cm³/mol. The minimum absolute atomic E-state index is 0.166. The van der Waals surface area contributed by atoms with Gasteiger partial charge in [-0.15, -0.1) is 0 Å². The lowest BCUT2D eigenvalue weighted by Crippen LogP contribution is -2.46. The van der Waals surface area contributed by atoms with Crippen LogP contribution in [0.2, 0.25) is 0 Å². The van der Waals surface area contributed by atoms with Crippen LogP contribution in [0.3, 0.4) is 0 Å². The first kappa shape index (κ1) is 26.6. The number of fused-ring (bicyclic) bond motifs is 1. The average molecular weight is 551 g/mol. The highest BCUT2D eigenvalue weighted by Crippen LogP contribution is 2.41. The normalized spacial score (nSPS) is 16.0. The molecule has 208 valence electrons. The second-order valence-electron chi connectivity index (χ2n) is 11.2. The van der Waals surface area contributed by atoms with Crippen molar-refractivity contribution in [3.63, 3.8) is 0 Å². The lowest BCUT2D eigenvalue weighted by molar-refractivity contribution is 0.0915. The second kappa shape index (κ2) is 10.4. The highest BCUT2D eigenvalue weighted by molar-refractivity contribution is 6.13. The number of carbonyl (C=O) groups is 2. The summed E-state index contributed by atoms with van der Waals surface area (Å²) in [7, 11) is 1.56. The van der Waals surface area contributed by atoms with E-state index >= 15 is 0 Å². The number of carbonyl (C=O) groups excluding carboxylic acids is 2. The molecule has 7 nitrogen and oxygen atoms in total. The number of benzene rings is 3. The number of anilines is 1. The fraction of sp³-hybridized carbons (Fsp3) is 0.303. The maximum absolute atomic E-state index is 13.7. The molecule has 0 aliphatic heterocycles. The van der Waals surface area contributed by atoms with Gasteiger partial charge in [-0.1, -0.05) is 12.1 Å². The van der Waals surface area contributed by atoms with Crippen molar-refractivity contribution in [1.29, 1.82) is 5.26 Å². The van der Waals surface area contributed by atoms with E-state index in [1.807, 2.05) is 30.3 Å². The van der Waals surface area contributed by atoms with Gasteiger partial charge in [0.25, 0.3) is 11.8 Å². The fourth-order valence-electron chi connectivity index (χ4n) is 5.28. The summed E-state index contributed by atoms with van der Waals surface area (Å²) < 4.78 is 19.9. The highest BCUT2D eigenvalue weighted by atomic mass is 19.1. The van der Waals surface area contributed by atoms with Gasteiger partial charge in [0.05, 0.1) is 11.6 Å². The molecule has 2 aliphatic rings. The first-order valence-electron chi connectivity index (χ1n) is 14.0. The summed E-state index contributed by atoms with van der Waals surface area (Å²) in [5, 5.41) is 19.5. The Morgan fingerprint density at radius 2 is 1.78 bits per heavy atom. The first-order chi connectivity index (χ1) is 19.8. The summed E-state index contributed by atoms with van der Waals surface area (Å²) >= 11 is 0. The Morgan fingerprint density at radius 1 is 1.02 bits per heavy atom. The number of hydrogen-bond acceptors (Lipinski definition) is 5. The van der Waals surface area contributed by atoms with Crippen LogP contribution >= 0.6 is 0 Å². The molecule has 41 heavy (non-hydrogen) atoms. The SMILES string of the molecule is CNC(=O)c1c(-c2ccc(F)cc2)oc2cc(NCC3CC3)c(-c3cccc(C(=O)NC(C)(C#N)C4CC4)c3)cc12. The van der Waals surface area contributed by atoms with E-state index in [1.165, 1.54) is 25.0 Å². The Labute approximate surface area is 237 Å². The summed E-state index contributed by atoms with van der Waals surface area (Å²) in [6, 6.07) is 19.2. The molecule has 1 unspecified atom stereocenters. The summed E-state index contributed by atoms with van der Waals surface area (Å²) in [6.45, 7) is 2.58. The van der Waals surface area contributed by atoms with E-state index in [4.69, 9.17) is 4.42 Å². The van der Waals surface area contributed by atoms with Crippen molar-refractivity contribution < 1.29 is 18.4 Å². The first-order valence-corrected chi connectivity index (χ1v) is 14.0. The maximum Gasteiger partial charge on any atom is 0.255 e. The van der Waals surface area contributed by atoms with Crippen LogP contribution in [0.25, 0.3) is 33.4 Å². The molecule has 0 spiro atoms. The number of furan rings is 1. The van der Waals surface area contributed by atoms with E-state index in [0.29, 0.717) is 39.3 Å². The Kier molecular flexibility index (Phi) is 6.74. The van der Waals surface area contributed by atoms with Gasteiger partial charge < -0.3 is 20.4 Å². The summed E-state index contributed by atoms with van der Waals surface area (Å²) in [5.41, 5.74) is 3.43. The molecule has 1 atom stereocenters. The van der Waals surface area contributed by atoms with Crippen molar-refractivity contribution >= 4 is 28.5 Å². The number of halogens is 1. The topological polar surface area (TPSA) is 107 Å². The van der Waals surface area contributed by atoms with E-state index in [9.17, 15) is 19.2 Å². The molecular formula is C33H31FN4O3. The predicted octanol–water partition coefficient (Wildman–Crippen LogP) is 6.51. The number of nitrogens with zero attached hydrogens (tertiary/aromatic N) is 1. The van der Waals surface area contributed by atoms with E-state index < -0.39 is 5.54 Å². The smallest absolute Gasteiger partial charge is 0.255 e. The molecule has 0 radical (unpaired) electrons. The highest BCUT2D eigenvalue weighted by Gasteiger charge is 2.43. The number of amides is 2. The van der Waals surface area contributed by atoms with Gasteiger partial charge in [-0.2, -0.15) is 5.26 Å². The molecule has 2 amide bonds. The Bertz CT molecular complexity index is 1700. The Morgan fingerprint density at radius 3 is 2.44 bits per heavy atom. The molecule has 4 aromatic rings. The molecule has 2 saturated carbocycles. The third kappa shape index (κ3) is 5.28. The second-order valence-corrected chi connectivity index (χ2v) is 11.2. The Balaban J connectivity index is 1.46. The van der Waals surface area contributed by atoms with Crippen molar-refractivity contribution in [2.24, 2.45) is 11.8 Å². The molecule has 2 fully saturated rings. The van der Waals surface area contributed by atoms with Crippen molar-refractivity contribution in [2.45, 2.75) is 38.1 Å². The van der Waals surface area contributed by atoms with Gasteiger partial charge in [-0.3, -0.25) is 9.59 Å². The van der Waals surface area contributed by atoms with Crippen LogP contribution in [-0.4, -0.2) is 30.9 Å². The maximum atomic E-state index is 13.7. The van der Waals surface area contributed by atoms with Crippen molar-refractivity contribution in [3.8, 4) is 28.5 Å². The monoisotopic (exact) mass is 550 g/mol. The van der Waals surface area contributed by atoms with Gasteiger partial charge in [0.1, 0.15) is 22.7 Å². The third-order valence-corrected chi connectivity index (χ3v) is 8.10. The number of rotatable bonds is 9. The summed E-state index contributed by atoms with van der Waals surface area (Å²) in [6.07, 6.45) is 4.21. The van der Waals surface area contributed by atoms with Crippen LogP contribution in [-0.2, 0) is 0 Å². The van der Waals surface area contributed by atoms with Crippen molar-refractivity contribution in [3.05, 3.63) is 77.6 Å². The van der Waals surface area contributed by atoms with E-state index in [1.54, 1.807) is 32.2 Å². The van der Waals surface area contributed by atoms with Gasteiger partial charge in [0.15, 0.2) is 0 Å². The molecule has 0 saturated heterocycles. The molecule has 6 rings (SSSR count). The van der Waals surface area contributed by atoms with Crippen molar-refractivity contribution in [2.75, 3.05) is 18.9 Å². The zero-order valence-corrected chi connectivity index (χ0v) is 23.0. The summed E-state index contributed by atoms with van der Waals surface area (Å²) in [4.78, 5) is 26.4. The minimum atomic E-state index is -0.904. The molecule has 3 aromatic carbocycles. The number of nitrogens with one attached hydrogen (secondary N) is 3. The van der Waals surface area contributed by atoms with Crippen LogP contribution in [0, 0.1) is 29.0 Å². The van der Waals surface area contributed by atoms with Gasteiger partial charge in [-0.05, 0) is 92.5 Å². The number of nitriles is 1. The molecule has 0 bridgehead atoms. The van der Waals surface area contributed by atoms with Crippen LogP contribution in [0.15, 0.2) is 65.1 Å². The van der Waals surface area contributed by atoms with Crippen LogP contribution < -0.4 is 16.0 Å². The van der Waals surface area contributed by atoms with Gasteiger partial charge in [0, 0.05) is 47.4 Å². The molecule has 1 aromatic heterocycles. The molecule has 2 aliphatic carbocycles. The molecule has 8 heteroatoms. The fourth-order valence-corrected chi connectivity index (χ4v) is 5.28. The van der Waals surface area contributed by atoms with Crippen LogP contribution in [0.4, 0.5) is 10.1 Å². The summed E-state index contributed by atoms with van der Waals surface area (Å²) in [5.74, 6) is 0.125. The molecule has 3 N–H and O–H groups in total. The van der Waals surface area contributed by atoms with Crippen LogP contribution in [0.5, 0.6) is 0 Å². The standard InChI is InChI=1S/C33H31FN4O3/c1-33(18-35,23-10-11-23)38-31(39)22-5-3-4-21(14-22)25-15-26-28(16-27(25)37-17-19-6-7-19)41-30(29(26)32(40)36-2)20-8-12-24(34)13-9-20/h3-5,8-9,12-16,19,23,37H,6-7,10-11,17H2,1-2H3,(H,36,40)(H,38,39). The zero-order valence-electron chi connectivity index (χ0n) is 23.0. The van der Waals surface area contributed by atoms with Gasteiger partial charge in [-0.25, -0.2) is 4.39 Å². The van der Waals surface area contributed by atoms with Crippen molar-refractivity contribution in [1.82, 2.24) is 10.6 Å². The number of hydrogen-bond donors (Lipinski definition) is 3. The van der Waals surface area contributed by atoms with E-state index in [-0.39, 0.29) is 23.5 Å².